The van der Waals surface area contributed by atoms with E-state index in [0.29, 0.717) is 6.54 Å². The Hall–Kier alpha value is -2.98. The molecule has 0 saturated heterocycles. The van der Waals surface area contributed by atoms with Crippen LogP contribution in [0.2, 0.25) is 0 Å². The van der Waals surface area contributed by atoms with Crippen molar-refractivity contribution in [3.63, 3.8) is 0 Å². The van der Waals surface area contributed by atoms with Gasteiger partial charge in [-0.25, -0.2) is 18.5 Å². The molecule has 2 aromatic rings. The smallest absolute Gasteiger partial charge is 0.270 e. The van der Waals surface area contributed by atoms with Crippen LogP contribution in [0.25, 0.3) is 0 Å². The third-order valence-electron chi connectivity index (χ3n) is 4.07. The van der Waals surface area contributed by atoms with Crippen LogP contribution in [0.3, 0.4) is 0 Å². The first-order chi connectivity index (χ1) is 13.2. The minimum atomic E-state index is -3.83. The van der Waals surface area contributed by atoms with Crippen molar-refractivity contribution in [3.8, 4) is 5.75 Å². The lowest BCUT2D eigenvalue weighted by molar-refractivity contribution is -0.495. The van der Waals surface area contributed by atoms with Crippen molar-refractivity contribution >= 4 is 27.2 Å². The lowest BCUT2D eigenvalue weighted by atomic mass is 10.3. The molecule has 0 atom stereocenters. The lowest BCUT2D eigenvalue weighted by Gasteiger charge is -2.09. The zero-order valence-corrected chi connectivity index (χ0v) is 16.7. The molecule has 2 N–H and O–H groups in total. The van der Waals surface area contributed by atoms with Crippen LogP contribution in [-0.2, 0) is 10.0 Å². The average molecular weight is 407 g/mol. The summed E-state index contributed by atoms with van der Waals surface area (Å²) in [5.74, 6) is 1.59. The fraction of sp³-hybridized carbons (Fsp3) is 0.278. The Balaban J connectivity index is 1.97. The molecule has 0 amide bonds. The van der Waals surface area contributed by atoms with Crippen molar-refractivity contribution in [1.29, 1.82) is 0 Å². The Morgan fingerprint density at radius 2 is 1.86 bits per heavy atom. The van der Waals surface area contributed by atoms with Crippen molar-refractivity contribution < 1.29 is 22.7 Å². The van der Waals surface area contributed by atoms with E-state index in [0.717, 1.165) is 23.3 Å². The number of rotatable bonds is 8. The number of hydrogen-bond donors (Lipinski definition) is 2. The van der Waals surface area contributed by atoms with Crippen molar-refractivity contribution in [3.05, 3.63) is 58.6 Å². The van der Waals surface area contributed by atoms with Crippen LogP contribution in [0.15, 0.2) is 53.4 Å². The molecule has 0 aliphatic rings. The van der Waals surface area contributed by atoms with Crippen LogP contribution in [0.5, 0.6) is 5.75 Å². The summed E-state index contributed by atoms with van der Waals surface area (Å²) in [7, 11) is -0.403. The molecule has 0 saturated carbocycles. The van der Waals surface area contributed by atoms with E-state index in [-0.39, 0.29) is 17.1 Å². The van der Waals surface area contributed by atoms with Crippen LogP contribution in [-0.4, -0.2) is 51.0 Å². The van der Waals surface area contributed by atoms with E-state index in [4.69, 9.17) is 4.74 Å². The van der Waals surface area contributed by atoms with E-state index in [1.54, 1.807) is 7.11 Å². The van der Waals surface area contributed by atoms with Gasteiger partial charge < -0.3 is 4.74 Å². The predicted molar refractivity (Wildman–Crippen MR) is 107 cm³/mol. The Labute approximate surface area is 163 Å². The van der Waals surface area contributed by atoms with Gasteiger partial charge in [0.2, 0.25) is 15.9 Å². The number of anilines is 1. The van der Waals surface area contributed by atoms with Gasteiger partial charge in [-0.05, 0) is 30.3 Å². The SMILES string of the molecule is COc1ccc(NC(C)=[N+](C)CCNS(=O)(=O)c2cccc([N+](=O)[O-])c2)cc1. The minimum Gasteiger partial charge on any atom is -0.497 e. The van der Waals surface area contributed by atoms with Crippen molar-refractivity contribution in [2.24, 2.45) is 0 Å². The maximum absolute atomic E-state index is 12.3. The van der Waals surface area contributed by atoms with Gasteiger partial charge in [0.15, 0.2) is 0 Å². The number of sulfonamides is 1. The summed E-state index contributed by atoms with van der Waals surface area (Å²) in [4.78, 5) is 10.0. The van der Waals surface area contributed by atoms with Gasteiger partial charge in [0.05, 0.1) is 30.5 Å². The highest BCUT2D eigenvalue weighted by Crippen LogP contribution is 2.17. The maximum Gasteiger partial charge on any atom is 0.270 e. The summed E-state index contributed by atoms with van der Waals surface area (Å²) >= 11 is 0. The molecule has 0 spiro atoms. The van der Waals surface area contributed by atoms with Crippen molar-refractivity contribution in [1.82, 2.24) is 4.72 Å². The predicted octanol–water partition coefficient (Wildman–Crippen LogP) is 2.05. The molecule has 0 heterocycles. The topological polar surface area (TPSA) is 114 Å². The number of methoxy groups -OCH3 is 1. The second-order valence-corrected chi connectivity index (χ2v) is 7.78. The molecule has 0 aliphatic heterocycles. The lowest BCUT2D eigenvalue weighted by Crippen LogP contribution is -2.32. The van der Waals surface area contributed by atoms with Gasteiger partial charge in [-0.2, -0.15) is 0 Å². The highest BCUT2D eigenvalue weighted by molar-refractivity contribution is 7.89. The number of nitrogens with zero attached hydrogens (tertiary/aromatic N) is 2. The number of nitrogens with one attached hydrogen (secondary N) is 2. The van der Waals surface area contributed by atoms with Crippen molar-refractivity contribution in [2.75, 3.05) is 32.6 Å². The first-order valence-electron chi connectivity index (χ1n) is 8.43. The van der Waals surface area contributed by atoms with Gasteiger partial charge >= 0.3 is 0 Å². The van der Waals surface area contributed by atoms with Gasteiger partial charge in [0, 0.05) is 25.6 Å². The van der Waals surface area contributed by atoms with E-state index in [9.17, 15) is 18.5 Å². The fourth-order valence-electron chi connectivity index (χ4n) is 2.34. The van der Waals surface area contributed by atoms with E-state index in [1.165, 1.54) is 18.2 Å². The third-order valence-corrected chi connectivity index (χ3v) is 5.52. The normalized spacial score (nSPS) is 12.2. The summed E-state index contributed by atoms with van der Waals surface area (Å²) in [5, 5.41) is 14.0. The maximum atomic E-state index is 12.3. The molecule has 0 aromatic heterocycles. The van der Waals surface area contributed by atoms with E-state index in [1.807, 2.05) is 42.8 Å². The van der Waals surface area contributed by atoms with E-state index in [2.05, 4.69) is 10.0 Å². The van der Waals surface area contributed by atoms with Gasteiger partial charge in [-0.15, -0.1) is 0 Å². The zero-order valence-electron chi connectivity index (χ0n) is 15.9. The summed E-state index contributed by atoms with van der Waals surface area (Å²) in [6.45, 7) is 2.42. The van der Waals surface area contributed by atoms with Gasteiger partial charge in [0.25, 0.3) is 5.69 Å². The Bertz CT molecular complexity index is 972. The molecule has 0 unspecified atom stereocenters. The van der Waals surface area contributed by atoms with Crippen molar-refractivity contribution in [2.45, 2.75) is 11.8 Å². The zero-order chi connectivity index (χ0) is 20.7. The third kappa shape index (κ3) is 5.76. The quantitative estimate of drug-likeness (QED) is 0.228. The number of benzene rings is 2. The molecule has 2 rings (SSSR count). The first kappa shape index (κ1) is 21.3. The van der Waals surface area contributed by atoms with Crippen LogP contribution in [0.4, 0.5) is 11.4 Å². The first-order valence-corrected chi connectivity index (χ1v) is 9.91. The molecule has 28 heavy (non-hydrogen) atoms. The van der Waals surface area contributed by atoms with Crippen LogP contribution in [0.1, 0.15) is 6.92 Å². The molecule has 0 bridgehead atoms. The minimum absolute atomic E-state index is 0.138. The molecule has 0 radical (unpaired) electrons. The number of amidine groups is 1. The monoisotopic (exact) mass is 407 g/mol. The average Bonchev–Trinajstić information content (AvgIpc) is 2.68. The van der Waals surface area contributed by atoms with E-state index < -0.39 is 14.9 Å². The Morgan fingerprint density at radius 3 is 2.46 bits per heavy atom. The van der Waals surface area contributed by atoms with Gasteiger partial charge in [-0.1, -0.05) is 6.07 Å². The summed E-state index contributed by atoms with van der Waals surface area (Å²) in [5.41, 5.74) is 0.607. The van der Waals surface area contributed by atoms with Crippen LogP contribution in [0, 0.1) is 10.1 Å². The molecule has 150 valence electrons. The Kier molecular flexibility index (Phi) is 7.07. The van der Waals surface area contributed by atoms with Gasteiger partial charge in [-0.3, -0.25) is 14.7 Å². The number of ether oxygens (including phenoxy) is 1. The molecule has 9 nitrogen and oxygen atoms in total. The van der Waals surface area contributed by atoms with Crippen LogP contribution >= 0.6 is 0 Å². The summed E-state index contributed by atoms with van der Waals surface area (Å²) in [6.07, 6.45) is 0. The number of hydrogen-bond acceptors (Lipinski definition) is 5. The molecule has 2 aromatic carbocycles. The van der Waals surface area contributed by atoms with Crippen LogP contribution < -0.4 is 14.8 Å². The highest BCUT2D eigenvalue weighted by atomic mass is 32.2. The molecular weight excluding hydrogens is 384 g/mol. The number of likely N-dealkylation sites (N-methyl/N-ethyl adjacent to an activating group) is 1. The number of nitro groups is 1. The summed E-state index contributed by atoms with van der Waals surface area (Å²) in [6, 6.07) is 12.4. The largest absolute Gasteiger partial charge is 0.497 e. The molecule has 10 heteroatoms. The fourth-order valence-corrected chi connectivity index (χ4v) is 3.40. The Morgan fingerprint density at radius 1 is 1.18 bits per heavy atom. The standard InChI is InChI=1S/C18H22N4O5S/c1-14(20-15-7-9-17(27-3)10-8-15)21(2)12-11-19-28(25,26)18-6-4-5-16(13-18)22(23)24/h4-10,13,19H,11-12H2,1-3H3/p+1. The second kappa shape index (κ2) is 9.29. The van der Waals surface area contributed by atoms with E-state index >= 15 is 0 Å². The molecule has 0 fully saturated rings. The van der Waals surface area contributed by atoms with Gasteiger partial charge in [0.1, 0.15) is 11.4 Å². The molecular formula is C18H23N4O5S+. The molecule has 0 aliphatic carbocycles. The number of nitro benzene ring substituents is 1. The summed E-state index contributed by atoms with van der Waals surface area (Å²) < 4.78 is 34.1. The highest BCUT2D eigenvalue weighted by Gasteiger charge is 2.17. The number of non-ortho nitro benzene ring substituents is 1. The second-order valence-electron chi connectivity index (χ2n) is 6.01.